The van der Waals surface area contributed by atoms with Crippen LogP contribution in [0.4, 0.5) is 0 Å². The number of hydrogen-bond donors (Lipinski definition) is 0. The highest BCUT2D eigenvalue weighted by Crippen LogP contribution is 1.98. The summed E-state index contributed by atoms with van der Waals surface area (Å²) in [5.41, 5.74) is 0.951. The van der Waals surface area contributed by atoms with Gasteiger partial charge in [0.1, 0.15) is 0 Å². The molecule has 0 aliphatic rings. The molecule has 0 aromatic carbocycles. The summed E-state index contributed by atoms with van der Waals surface area (Å²) in [6, 6.07) is 0. The van der Waals surface area contributed by atoms with E-state index in [1.165, 1.54) is 0 Å². The molecule has 0 saturated carbocycles. The van der Waals surface area contributed by atoms with Gasteiger partial charge in [-0.25, -0.2) is 0 Å². The number of nitrogens with zero attached hydrogens (tertiary/aromatic N) is 1. The van der Waals surface area contributed by atoms with E-state index in [0.717, 1.165) is 5.70 Å². The molecule has 0 fully saturated rings. The van der Waals surface area contributed by atoms with Crippen LogP contribution in [-0.4, -0.2) is 11.9 Å². The van der Waals surface area contributed by atoms with Crippen molar-refractivity contribution in [1.29, 1.82) is 0 Å². The maximum atomic E-state index is 3.78. The van der Waals surface area contributed by atoms with Crippen molar-refractivity contribution in [1.82, 2.24) is 4.90 Å². The lowest BCUT2D eigenvalue weighted by atomic mass is 10.4. The minimum atomic E-state index is 0.951. The zero-order valence-electron chi connectivity index (χ0n) is 6.09. The Hall–Kier alpha value is -0.980. The zero-order valence-corrected chi connectivity index (χ0v) is 6.09. The van der Waals surface area contributed by atoms with Gasteiger partial charge in [-0.2, -0.15) is 0 Å². The summed E-state index contributed by atoms with van der Waals surface area (Å²) in [4.78, 5) is 1.86. The number of likely N-dealkylation sites (N-methyl/N-ethyl adjacent to an activating group) is 1. The van der Waals surface area contributed by atoms with E-state index in [9.17, 15) is 0 Å². The van der Waals surface area contributed by atoms with Gasteiger partial charge in [-0.3, -0.25) is 0 Å². The van der Waals surface area contributed by atoms with Gasteiger partial charge >= 0.3 is 0 Å². The molecule has 0 saturated heterocycles. The van der Waals surface area contributed by atoms with Crippen LogP contribution in [0.15, 0.2) is 37.2 Å². The molecule has 0 spiro atoms. The first kappa shape index (κ1) is 8.02. The lowest BCUT2D eigenvalue weighted by Crippen LogP contribution is -2.05. The molecular formula is C8H13N. The predicted molar refractivity (Wildman–Crippen MR) is 41.9 cm³/mol. The molecule has 0 aliphatic heterocycles. The third-order valence-corrected chi connectivity index (χ3v) is 1.09. The molecule has 1 heteroatoms. The highest BCUT2D eigenvalue weighted by Gasteiger charge is 1.87. The fraction of sp³-hybridized carbons (Fsp3) is 0.250. The summed E-state index contributed by atoms with van der Waals surface area (Å²) in [5.74, 6) is 0. The van der Waals surface area contributed by atoms with Crippen LogP contribution in [-0.2, 0) is 0 Å². The fourth-order valence-corrected chi connectivity index (χ4v) is 0.427. The lowest BCUT2D eigenvalue weighted by Gasteiger charge is -2.11. The monoisotopic (exact) mass is 123 g/mol. The fourth-order valence-electron chi connectivity index (χ4n) is 0.427. The van der Waals surface area contributed by atoms with Gasteiger partial charge < -0.3 is 4.90 Å². The molecule has 1 nitrogen and oxygen atoms in total. The second-order valence-electron chi connectivity index (χ2n) is 1.78. The number of rotatable bonds is 3. The second-order valence-corrected chi connectivity index (χ2v) is 1.78. The molecule has 0 aromatic heterocycles. The molecule has 0 radical (unpaired) electrons. The molecule has 0 N–H and O–H groups in total. The molecule has 0 unspecified atom stereocenters. The Morgan fingerprint density at radius 1 is 1.56 bits per heavy atom. The molecule has 0 aromatic rings. The Morgan fingerprint density at radius 2 is 2.11 bits per heavy atom. The Balaban J connectivity index is 3.87. The molecule has 0 amide bonds. The van der Waals surface area contributed by atoms with Gasteiger partial charge in [-0.05, 0) is 19.2 Å². The predicted octanol–water partition coefficient (Wildman–Crippen LogP) is 2.15. The van der Waals surface area contributed by atoms with Gasteiger partial charge in [0.2, 0.25) is 0 Å². The molecule has 0 atom stereocenters. The number of hydrogen-bond acceptors (Lipinski definition) is 1. The van der Waals surface area contributed by atoms with Crippen LogP contribution in [0.5, 0.6) is 0 Å². The van der Waals surface area contributed by atoms with Crippen molar-refractivity contribution in [3.05, 3.63) is 37.2 Å². The van der Waals surface area contributed by atoms with E-state index in [2.05, 4.69) is 13.2 Å². The van der Waals surface area contributed by atoms with E-state index in [1.807, 2.05) is 31.0 Å². The summed E-state index contributed by atoms with van der Waals surface area (Å²) in [6.07, 6.45) is 5.60. The molecule has 0 rings (SSSR count). The first-order valence-corrected chi connectivity index (χ1v) is 2.89. The lowest BCUT2D eigenvalue weighted by molar-refractivity contribution is 0.593. The van der Waals surface area contributed by atoms with E-state index in [0.29, 0.717) is 0 Å². The average Bonchev–Trinajstić information content (AvgIpc) is 1.87. The minimum absolute atomic E-state index is 0.951. The first-order chi connectivity index (χ1) is 4.22. The Morgan fingerprint density at radius 3 is 2.44 bits per heavy atom. The van der Waals surface area contributed by atoms with Crippen molar-refractivity contribution in [2.75, 3.05) is 7.05 Å². The molecule has 50 valence electrons. The van der Waals surface area contributed by atoms with Crippen LogP contribution in [0.25, 0.3) is 0 Å². The topological polar surface area (TPSA) is 3.24 Å². The van der Waals surface area contributed by atoms with Crippen LogP contribution in [0.2, 0.25) is 0 Å². The van der Waals surface area contributed by atoms with E-state index in [4.69, 9.17) is 0 Å². The standard InChI is InChI=1S/C8H13N/c1-5-7-8(3)9(4)6-2/h5-7H,2-3H2,1,4H3/b7-5-. The van der Waals surface area contributed by atoms with Crippen LogP contribution in [0.1, 0.15) is 6.92 Å². The SMILES string of the molecule is C=CN(C)C(=C)/C=C\C. The van der Waals surface area contributed by atoms with Gasteiger partial charge in [0.05, 0.1) is 0 Å². The van der Waals surface area contributed by atoms with Crippen LogP contribution >= 0.6 is 0 Å². The van der Waals surface area contributed by atoms with Crippen molar-refractivity contribution < 1.29 is 0 Å². The minimum Gasteiger partial charge on any atom is -0.352 e. The normalized spacial score (nSPS) is 9.56. The first-order valence-electron chi connectivity index (χ1n) is 2.89. The molecule has 9 heavy (non-hydrogen) atoms. The molecule has 0 bridgehead atoms. The van der Waals surface area contributed by atoms with Crippen LogP contribution in [0.3, 0.4) is 0 Å². The highest BCUT2D eigenvalue weighted by atomic mass is 15.1. The van der Waals surface area contributed by atoms with Crippen molar-refractivity contribution in [2.24, 2.45) is 0 Å². The Labute approximate surface area is 57.0 Å². The van der Waals surface area contributed by atoms with Crippen molar-refractivity contribution in [3.63, 3.8) is 0 Å². The third kappa shape index (κ3) is 2.75. The molecule has 0 heterocycles. The van der Waals surface area contributed by atoms with Gasteiger partial charge in [0, 0.05) is 12.7 Å². The van der Waals surface area contributed by atoms with E-state index in [-0.39, 0.29) is 0 Å². The zero-order chi connectivity index (χ0) is 7.28. The summed E-state index contributed by atoms with van der Waals surface area (Å²) in [7, 11) is 1.91. The molecule has 0 aliphatic carbocycles. The summed E-state index contributed by atoms with van der Waals surface area (Å²) < 4.78 is 0. The summed E-state index contributed by atoms with van der Waals surface area (Å²) in [6.45, 7) is 9.34. The largest absolute Gasteiger partial charge is 0.352 e. The van der Waals surface area contributed by atoms with Gasteiger partial charge in [-0.15, -0.1) is 0 Å². The van der Waals surface area contributed by atoms with E-state index in [1.54, 1.807) is 6.20 Å². The van der Waals surface area contributed by atoms with Gasteiger partial charge in [0.25, 0.3) is 0 Å². The smallest absolute Gasteiger partial charge is 0.0326 e. The van der Waals surface area contributed by atoms with E-state index >= 15 is 0 Å². The van der Waals surface area contributed by atoms with Crippen LogP contribution < -0.4 is 0 Å². The van der Waals surface area contributed by atoms with Crippen LogP contribution in [0, 0.1) is 0 Å². The second kappa shape index (κ2) is 3.96. The highest BCUT2D eigenvalue weighted by molar-refractivity contribution is 5.13. The summed E-state index contributed by atoms with van der Waals surface area (Å²) >= 11 is 0. The number of allylic oxidation sites excluding steroid dienone is 2. The maximum absolute atomic E-state index is 3.78. The summed E-state index contributed by atoms with van der Waals surface area (Å²) in [5, 5.41) is 0. The van der Waals surface area contributed by atoms with Gasteiger partial charge in [-0.1, -0.05) is 19.2 Å². The van der Waals surface area contributed by atoms with Crippen molar-refractivity contribution in [2.45, 2.75) is 6.92 Å². The Bertz CT molecular complexity index is 134. The van der Waals surface area contributed by atoms with Crippen molar-refractivity contribution >= 4 is 0 Å². The van der Waals surface area contributed by atoms with Crippen molar-refractivity contribution in [3.8, 4) is 0 Å². The Kier molecular flexibility index (Phi) is 3.52. The van der Waals surface area contributed by atoms with Gasteiger partial charge in [0.15, 0.2) is 0 Å². The van der Waals surface area contributed by atoms with E-state index < -0.39 is 0 Å². The molecular weight excluding hydrogens is 110 g/mol. The maximum Gasteiger partial charge on any atom is 0.0326 e. The third-order valence-electron chi connectivity index (χ3n) is 1.09. The average molecular weight is 123 g/mol. The quantitative estimate of drug-likeness (QED) is 0.520.